The molecule has 9 heteroatoms. The molecule has 1 saturated heterocycles. The summed E-state index contributed by atoms with van der Waals surface area (Å²) in [5, 5.41) is 2.93. The van der Waals surface area contributed by atoms with E-state index in [1.165, 1.54) is 22.7 Å². The summed E-state index contributed by atoms with van der Waals surface area (Å²) in [6.45, 7) is 1.27. The van der Waals surface area contributed by atoms with E-state index in [2.05, 4.69) is 5.32 Å². The van der Waals surface area contributed by atoms with Gasteiger partial charge in [0.05, 0.1) is 13.0 Å². The van der Waals surface area contributed by atoms with E-state index in [0.717, 1.165) is 22.8 Å². The minimum absolute atomic E-state index is 0.0704. The second-order valence-electron chi connectivity index (χ2n) is 6.30. The first-order chi connectivity index (χ1) is 12.3. The number of amides is 1. The minimum atomic E-state index is -3.46. The third kappa shape index (κ3) is 5.60. The normalized spacial score (nSPS) is 18.7. The summed E-state index contributed by atoms with van der Waals surface area (Å²) in [5.74, 6) is 1.21. The minimum Gasteiger partial charge on any atom is -0.497 e. The van der Waals surface area contributed by atoms with Crippen molar-refractivity contribution in [3.63, 3.8) is 0 Å². The maximum absolute atomic E-state index is 12.4. The standard InChI is InChI=1S/C17H27N3O4S2/c1-19(2)26(22,23)20-11-4-5-14(13-20)17(21)18-10-12-25-16-8-6-15(24-3)7-9-16/h6-9,14H,4-5,10-13H2,1-3H3,(H,18,21)/t14-/m1/s1. The molecule has 146 valence electrons. The van der Waals surface area contributed by atoms with Crippen molar-refractivity contribution < 1.29 is 17.9 Å². The predicted molar refractivity (Wildman–Crippen MR) is 104 cm³/mol. The van der Waals surface area contributed by atoms with Gasteiger partial charge in [-0.25, -0.2) is 0 Å². The number of carbonyl (C=O) groups excluding carboxylic acids is 1. The number of ether oxygens (including phenoxy) is 1. The van der Waals surface area contributed by atoms with Crippen molar-refractivity contribution in [2.45, 2.75) is 17.7 Å². The molecule has 0 bridgehead atoms. The van der Waals surface area contributed by atoms with Gasteiger partial charge in [-0.05, 0) is 37.1 Å². The van der Waals surface area contributed by atoms with Crippen LogP contribution in [0, 0.1) is 5.92 Å². The van der Waals surface area contributed by atoms with Crippen molar-refractivity contribution in [1.29, 1.82) is 0 Å². The maximum atomic E-state index is 12.4. The highest BCUT2D eigenvalue weighted by Crippen LogP contribution is 2.22. The van der Waals surface area contributed by atoms with Crippen molar-refractivity contribution in [3.8, 4) is 5.75 Å². The van der Waals surface area contributed by atoms with Gasteiger partial charge < -0.3 is 10.1 Å². The van der Waals surface area contributed by atoms with E-state index in [-0.39, 0.29) is 18.4 Å². The molecule has 1 amide bonds. The Kier molecular flexibility index (Phi) is 7.75. The fourth-order valence-corrected chi connectivity index (χ4v) is 4.71. The Morgan fingerprint density at radius 2 is 2.04 bits per heavy atom. The van der Waals surface area contributed by atoms with Gasteiger partial charge in [-0.3, -0.25) is 4.79 Å². The quantitative estimate of drug-likeness (QED) is 0.527. The zero-order chi connectivity index (χ0) is 19.2. The fourth-order valence-electron chi connectivity index (χ4n) is 2.76. The number of hydrogen-bond acceptors (Lipinski definition) is 5. The van der Waals surface area contributed by atoms with Gasteiger partial charge in [0.25, 0.3) is 10.2 Å². The molecule has 0 spiro atoms. The average molecular weight is 402 g/mol. The molecular weight excluding hydrogens is 374 g/mol. The van der Waals surface area contributed by atoms with Crippen LogP contribution >= 0.6 is 11.8 Å². The Morgan fingerprint density at radius 1 is 1.35 bits per heavy atom. The molecule has 0 aromatic heterocycles. The van der Waals surface area contributed by atoms with E-state index in [9.17, 15) is 13.2 Å². The number of thioether (sulfide) groups is 1. The molecule has 2 rings (SSSR count). The number of rotatable bonds is 8. The van der Waals surface area contributed by atoms with Crippen LogP contribution < -0.4 is 10.1 Å². The molecule has 1 heterocycles. The van der Waals surface area contributed by atoms with E-state index in [1.807, 2.05) is 24.3 Å². The van der Waals surface area contributed by atoms with Gasteiger partial charge in [0, 0.05) is 44.4 Å². The summed E-state index contributed by atoms with van der Waals surface area (Å²) in [6, 6.07) is 7.78. The molecule has 1 aromatic rings. The highest BCUT2D eigenvalue weighted by molar-refractivity contribution is 7.99. The Hall–Kier alpha value is -1.29. The van der Waals surface area contributed by atoms with Gasteiger partial charge >= 0.3 is 0 Å². The summed E-state index contributed by atoms with van der Waals surface area (Å²) >= 11 is 1.65. The topological polar surface area (TPSA) is 79.0 Å². The fraction of sp³-hybridized carbons (Fsp3) is 0.588. The van der Waals surface area contributed by atoms with E-state index in [0.29, 0.717) is 19.5 Å². The first kappa shape index (κ1) is 21.0. The van der Waals surface area contributed by atoms with Crippen molar-refractivity contribution >= 4 is 27.9 Å². The molecule has 1 N–H and O–H groups in total. The van der Waals surface area contributed by atoms with Crippen molar-refractivity contribution in [2.24, 2.45) is 5.92 Å². The Labute approximate surface area is 160 Å². The lowest BCUT2D eigenvalue weighted by atomic mass is 9.99. The molecule has 0 unspecified atom stereocenters. The smallest absolute Gasteiger partial charge is 0.281 e. The van der Waals surface area contributed by atoms with Crippen LogP contribution in [0.3, 0.4) is 0 Å². The number of benzene rings is 1. The molecule has 0 radical (unpaired) electrons. The first-order valence-electron chi connectivity index (χ1n) is 8.56. The van der Waals surface area contributed by atoms with Crippen LogP contribution in [0.1, 0.15) is 12.8 Å². The van der Waals surface area contributed by atoms with Crippen molar-refractivity contribution in [3.05, 3.63) is 24.3 Å². The number of carbonyl (C=O) groups is 1. The molecule has 26 heavy (non-hydrogen) atoms. The summed E-state index contributed by atoms with van der Waals surface area (Å²) in [4.78, 5) is 13.5. The Bertz CT molecular complexity index is 692. The van der Waals surface area contributed by atoms with Crippen LogP contribution in [0.2, 0.25) is 0 Å². The molecule has 0 aliphatic carbocycles. The Balaban J connectivity index is 1.76. The lowest BCUT2D eigenvalue weighted by molar-refractivity contribution is -0.125. The van der Waals surface area contributed by atoms with E-state index in [4.69, 9.17) is 4.74 Å². The van der Waals surface area contributed by atoms with Crippen LogP contribution in [-0.4, -0.2) is 69.5 Å². The zero-order valence-electron chi connectivity index (χ0n) is 15.5. The summed E-state index contributed by atoms with van der Waals surface area (Å²) < 4.78 is 32.2. The van der Waals surface area contributed by atoms with Gasteiger partial charge in [0.2, 0.25) is 5.91 Å². The molecule has 1 aliphatic rings. The van der Waals surface area contributed by atoms with Crippen LogP contribution in [-0.2, 0) is 15.0 Å². The van der Waals surface area contributed by atoms with Crippen LogP contribution in [0.25, 0.3) is 0 Å². The van der Waals surface area contributed by atoms with Gasteiger partial charge in [-0.15, -0.1) is 11.8 Å². The lowest BCUT2D eigenvalue weighted by Gasteiger charge is -2.32. The third-order valence-corrected chi connectivity index (χ3v) is 7.19. The van der Waals surface area contributed by atoms with Crippen LogP contribution in [0.4, 0.5) is 0 Å². The summed E-state index contributed by atoms with van der Waals surface area (Å²) in [5.41, 5.74) is 0. The summed E-state index contributed by atoms with van der Waals surface area (Å²) in [7, 11) is 1.19. The summed E-state index contributed by atoms with van der Waals surface area (Å²) in [6.07, 6.45) is 1.42. The van der Waals surface area contributed by atoms with E-state index in [1.54, 1.807) is 18.9 Å². The molecule has 1 fully saturated rings. The number of nitrogens with one attached hydrogen (secondary N) is 1. The number of methoxy groups -OCH3 is 1. The second kappa shape index (κ2) is 9.59. The first-order valence-corrected chi connectivity index (χ1v) is 10.9. The van der Waals surface area contributed by atoms with E-state index >= 15 is 0 Å². The van der Waals surface area contributed by atoms with Gasteiger partial charge in [-0.2, -0.15) is 17.0 Å². The molecule has 0 saturated carbocycles. The predicted octanol–water partition coefficient (Wildman–Crippen LogP) is 1.42. The van der Waals surface area contributed by atoms with Crippen molar-refractivity contribution in [2.75, 3.05) is 46.6 Å². The third-order valence-electron chi connectivity index (χ3n) is 4.27. The number of piperidine rings is 1. The van der Waals surface area contributed by atoms with Crippen LogP contribution in [0.5, 0.6) is 5.75 Å². The number of nitrogens with zero attached hydrogens (tertiary/aromatic N) is 2. The SMILES string of the molecule is COc1ccc(SCCNC(=O)[C@@H]2CCCN(S(=O)(=O)N(C)C)C2)cc1. The largest absolute Gasteiger partial charge is 0.497 e. The number of hydrogen-bond donors (Lipinski definition) is 1. The van der Waals surface area contributed by atoms with Gasteiger partial charge in [-0.1, -0.05) is 0 Å². The molecule has 1 aliphatic heterocycles. The molecule has 1 aromatic carbocycles. The molecule has 1 atom stereocenters. The molecular formula is C17H27N3O4S2. The Morgan fingerprint density at radius 3 is 2.65 bits per heavy atom. The highest BCUT2D eigenvalue weighted by atomic mass is 32.2. The lowest BCUT2D eigenvalue weighted by Crippen LogP contribution is -2.49. The van der Waals surface area contributed by atoms with Gasteiger partial charge in [0.15, 0.2) is 0 Å². The zero-order valence-corrected chi connectivity index (χ0v) is 17.1. The molecule has 7 nitrogen and oxygen atoms in total. The maximum Gasteiger partial charge on any atom is 0.281 e. The monoisotopic (exact) mass is 401 g/mol. The highest BCUT2D eigenvalue weighted by Gasteiger charge is 2.33. The average Bonchev–Trinajstić information content (AvgIpc) is 2.65. The van der Waals surface area contributed by atoms with Gasteiger partial charge in [0.1, 0.15) is 5.75 Å². The van der Waals surface area contributed by atoms with Crippen molar-refractivity contribution in [1.82, 2.24) is 13.9 Å². The van der Waals surface area contributed by atoms with E-state index < -0.39 is 10.2 Å². The van der Waals surface area contributed by atoms with Crippen LogP contribution in [0.15, 0.2) is 29.2 Å². The second-order valence-corrected chi connectivity index (χ2v) is 9.61.